The van der Waals surface area contributed by atoms with Gasteiger partial charge in [0.2, 0.25) is 0 Å². The molecule has 2 rings (SSSR count). The van der Waals surface area contributed by atoms with E-state index >= 15 is 0 Å². The molecule has 106 valence electrons. The van der Waals surface area contributed by atoms with Gasteiger partial charge in [0, 0.05) is 6.04 Å². The summed E-state index contributed by atoms with van der Waals surface area (Å²) in [7, 11) is -3.72. The van der Waals surface area contributed by atoms with Gasteiger partial charge in [-0.1, -0.05) is 30.3 Å². The average molecular weight is 311 g/mol. The third-order valence-corrected chi connectivity index (χ3v) is 5.79. The molecule has 0 aliphatic rings. The Labute approximate surface area is 120 Å². The van der Waals surface area contributed by atoms with Crippen molar-refractivity contribution in [3.8, 4) is 0 Å². The van der Waals surface area contributed by atoms with Gasteiger partial charge in [0.1, 0.15) is 9.09 Å². The summed E-state index contributed by atoms with van der Waals surface area (Å²) in [6, 6.07) is 11.3. The molecule has 0 bridgehead atoms. The first-order valence-corrected chi connectivity index (χ1v) is 8.10. The predicted molar refractivity (Wildman–Crippen MR) is 76.5 cm³/mol. The van der Waals surface area contributed by atoms with Gasteiger partial charge in [-0.2, -0.15) is 0 Å². The highest BCUT2D eigenvalue weighted by Gasteiger charge is 2.21. The lowest BCUT2D eigenvalue weighted by Gasteiger charge is -2.13. The van der Waals surface area contributed by atoms with Gasteiger partial charge in [-0.05, 0) is 24.6 Å². The lowest BCUT2D eigenvalue weighted by molar-refractivity contribution is 0.0702. The number of sulfonamides is 1. The molecule has 0 aliphatic carbocycles. The van der Waals surface area contributed by atoms with Crippen LogP contribution in [-0.4, -0.2) is 19.5 Å². The van der Waals surface area contributed by atoms with Crippen molar-refractivity contribution in [2.45, 2.75) is 17.2 Å². The van der Waals surface area contributed by atoms with Crippen molar-refractivity contribution in [2.24, 2.45) is 0 Å². The van der Waals surface area contributed by atoms with Crippen LogP contribution in [0.4, 0.5) is 0 Å². The third-order valence-electron chi connectivity index (χ3n) is 2.69. The summed E-state index contributed by atoms with van der Waals surface area (Å²) >= 11 is 0.735. The molecule has 1 heterocycles. The van der Waals surface area contributed by atoms with E-state index in [9.17, 15) is 13.2 Å². The third kappa shape index (κ3) is 3.24. The first-order valence-electron chi connectivity index (χ1n) is 5.80. The van der Waals surface area contributed by atoms with Crippen LogP contribution in [0.1, 0.15) is 28.2 Å². The zero-order valence-electron chi connectivity index (χ0n) is 10.6. The monoisotopic (exact) mass is 311 g/mol. The zero-order valence-corrected chi connectivity index (χ0v) is 12.2. The number of carboxylic acid groups (broad SMARTS) is 1. The van der Waals surface area contributed by atoms with Crippen molar-refractivity contribution < 1.29 is 18.3 Å². The van der Waals surface area contributed by atoms with Crippen LogP contribution in [0.2, 0.25) is 0 Å². The molecule has 1 aromatic heterocycles. The van der Waals surface area contributed by atoms with Crippen molar-refractivity contribution in [2.75, 3.05) is 0 Å². The van der Waals surface area contributed by atoms with Crippen LogP contribution in [0.5, 0.6) is 0 Å². The lowest BCUT2D eigenvalue weighted by atomic mass is 10.1. The van der Waals surface area contributed by atoms with E-state index in [4.69, 9.17) is 5.11 Å². The predicted octanol–water partition coefficient (Wildman–Crippen LogP) is 2.49. The first kappa shape index (κ1) is 14.7. The molecule has 7 heteroatoms. The highest BCUT2D eigenvalue weighted by molar-refractivity contribution is 7.91. The van der Waals surface area contributed by atoms with Crippen molar-refractivity contribution >= 4 is 27.3 Å². The number of rotatable bonds is 5. The van der Waals surface area contributed by atoms with Crippen LogP contribution in [0.3, 0.4) is 0 Å². The van der Waals surface area contributed by atoms with Crippen molar-refractivity contribution in [1.29, 1.82) is 0 Å². The molecule has 0 amide bonds. The highest BCUT2D eigenvalue weighted by atomic mass is 32.2. The molecule has 0 aliphatic heterocycles. The molecule has 0 radical (unpaired) electrons. The topological polar surface area (TPSA) is 83.5 Å². The van der Waals surface area contributed by atoms with Gasteiger partial charge in [-0.25, -0.2) is 17.9 Å². The molecule has 1 aromatic carbocycles. The SMILES string of the molecule is CC(NS(=O)(=O)c1ccc(C(=O)O)s1)c1ccccc1. The van der Waals surface area contributed by atoms with E-state index in [-0.39, 0.29) is 9.09 Å². The quantitative estimate of drug-likeness (QED) is 0.888. The second kappa shape index (κ2) is 5.74. The number of thiophene rings is 1. The molecular weight excluding hydrogens is 298 g/mol. The van der Waals surface area contributed by atoms with Gasteiger partial charge in [0.05, 0.1) is 0 Å². The number of hydrogen-bond donors (Lipinski definition) is 2. The molecule has 0 spiro atoms. The molecule has 0 saturated heterocycles. The van der Waals surface area contributed by atoms with E-state index in [2.05, 4.69) is 4.72 Å². The summed E-state index contributed by atoms with van der Waals surface area (Å²) in [5.74, 6) is -1.13. The summed E-state index contributed by atoms with van der Waals surface area (Å²) in [6.45, 7) is 1.73. The van der Waals surface area contributed by atoms with Crippen molar-refractivity contribution in [1.82, 2.24) is 4.72 Å². The normalized spacial score (nSPS) is 13.1. The fraction of sp³-hybridized carbons (Fsp3) is 0.154. The summed E-state index contributed by atoms with van der Waals surface area (Å²) < 4.78 is 26.8. The fourth-order valence-corrected chi connectivity index (χ4v) is 4.07. The maximum Gasteiger partial charge on any atom is 0.345 e. The molecule has 5 nitrogen and oxygen atoms in total. The number of aromatic carboxylic acids is 1. The Morgan fingerprint density at radius 2 is 1.85 bits per heavy atom. The highest BCUT2D eigenvalue weighted by Crippen LogP contribution is 2.23. The largest absolute Gasteiger partial charge is 0.477 e. The Kier molecular flexibility index (Phi) is 4.22. The Morgan fingerprint density at radius 1 is 1.20 bits per heavy atom. The molecule has 20 heavy (non-hydrogen) atoms. The molecular formula is C13H13NO4S2. The minimum atomic E-state index is -3.72. The van der Waals surface area contributed by atoms with Crippen LogP contribution in [0.15, 0.2) is 46.7 Å². The number of carbonyl (C=O) groups is 1. The van der Waals surface area contributed by atoms with E-state index in [1.807, 2.05) is 30.3 Å². The summed E-state index contributed by atoms with van der Waals surface area (Å²) in [6.07, 6.45) is 0. The van der Waals surface area contributed by atoms with Gasteiger partial charge < -0.3 is 5.11 Å². The number of hydrogen-bond acceptors (Lipinski definition) is 4. The van der Waals surface area contributed by atoms with Gasteiger partial charge in [-0.15, -0.1) is 11.3 Å². The fourth-order valence-electron chi connectivity index (χ4n) is 1.68. The molecule has 0 saturated carbocycles. The van der Waals surface area contributed by atoms with Crippen LogP contribution < -0.4 is 4.72 Å². The van der Waals surface area contributed by atoms with E-state index in [0.29, 0.717) is 0 Å². The van der Waals surface area contributed by atoms with Crippen LogP contribution >= 0.6 is 11.3 Å². The van der Waals surface area contributed by atoms with Crippen molar-refractivity contribution in [3.63, 3.8) is 0 Å². The smallest absolute Gasteiger partial charge is 0.345 e. The maximum absolute atomic E-state index is 12.2. The van der Waals surface area contributed by atoms with E-state index in [1.54, 1.807) is 6.92 Å². The average Bonchev–Trinajstić information content (AvgIpc) is 2.90. The lowest BCUT2D eigenvalue weighted by Crippen LogP contribution is -2.26. The van der Waals surface area contributed by atoms with Crippen molar-refractivity contribution in [3.05, 3.63) is 52.9 Å². The van der Waals surface area contributed by atoms with Gasteiger partial charge >= 0.3 is 5.97 Å². The Morgan fingerprint density at radius 3 is 2.40 bits per heavy atom. The van der Waals surface area contributed by atoms with Gasteiger partial charge in [0.15, 0.2) is 0 Å². The molecule has 1 atom stereocenters. The number of benzene rings is 1. The first-order chi connectivity index (χ1) is 9.40. The van der Waals surface area contributed by atoms with Crippen LogP contribution in [0, 0.1) is 0 Å². The molecule has 2 N–H and O–H groups in total. The number of nitrogens with one attached hydrogen (secondary N) is 1. The Balaban J connectivity index is 2.20. The number of carboxylic acids is 1. The minimum absolute atomic E-state index is 0.00209. The minimum Gasteiger partial charge on any atom is -0.477 e. The summed E-state index contributed by atoms with van der Waals surface area (Å²) in [5.41, 5.74) is 0.839. The van der Waals surface area contributed by atoms with E-state index in [1.165, 1.54) is 12.1 Å². The Hall–Kier alpha value is -1.70. The second-order valence-corrected chi connectivity index (χ2v) is 7.20. The molecule has 1 unspecified atom stereocenters. The zero-order chi connectivity index (χ0) is 14.8. The standard InChI is InChI=1S/C13H13NO4S2/c1-9(10-5-3-2-4-6-10)14-20(17,18)12-8-7-11(19-12)13(15)16/h2-9,14H,1H3,(H,15,16). The summed E-state index contributed by atoms with van der Waals surface area (Å²) in [5, 5.41) is 8.82. The van der Waals surface area contributed by atoms with Crippen LogP contribution in [0.25, 0.3) is 0 Å². The van der Waals surface area contributed by atoms with Gasteiger partial charge in [-0.3, -0.25) is 0 Å². The summed E-state index contributed by atoms with van der Waals surface area (Å²) in [4.78, 5) is 10.8. The Bertz CT molecular complexity index is 707. The molecule has 0 fully saturated rings. The van der Waals surface area contributed by atoms with Gasteiger partial charge in [0.25, 0.3) is 10.0 Å². The maximum atomic E-state index is 12.2. The van der Waals surface area contributed by atoms with Crippen LogP contribution in [-0.2, 0) is 10.0 Å². The molecule has 2 aromatic rings. The van der Waals surface area contributed by atoms with E-state index in [0.717, 1.165) is 16.9 Å². The van der Waals surface area contributed by atoms with E-state index < -0.39 is 22.0 Å². The second-order valence-electron chi connectivity index (χ2n) is 4.18.